The second kappa shape index (κ2) is 12.0. The van der Waals surface area contributed by atoms with Gasteiger partial charge in [-0.3, -0.25) is 19.1 Å². The molecule has 35 heavy (non-hydrogen) atoms. The number of anilines is 1. The number of nitrogens with one attached hydrogen (secondary N) is 1. The minimum atomic E-state index is -0.327. The van der Waals surface area contributed by atoms with Crippen molar-refractivity contribution < 1.29 is 9.53 Å². The van der Waals surface area contributed by atoms with Crippen molar-refractivity contribution in [2.75, 3.05) is 19.0 Å². The van der Waals surface area contributed by atoms with Crippen LogP contribution in [-0.2, 0) is 17.9 Å². The summed E-state index contributed by atoms with van der Waals surface area (Å²) in [6.07, 6.45) is 4.24. The second-order valence-electron chi connectivity index (χ2n) is 8.22. The molecule has 3 rings (SSSR count). The molecule has 0 atom stereocenters. The Kier molecular flexibility index (Phi) is 9.13. The minimum Gasteiger partial charge on any atom is -0.497 e. The first-order valence-corrected chi connectivity index (χ1v) is 12.9. The Bertz CT molecular complexity index is 1240. The lowest BCUT2D eigenvalue weighted by molar-refractivity contribution is -0.122. The van der Waals surface area contributed by atoms with E-state index < -0.39 is 0 Å². The standard InChI is InChI=1S/C26H30N4O3S2/c1-5-7-13-29-23(28-16-18-8-10-19(33-4)11-9-18)20(17(3)21(15-27)24(29)31)14-22-25(32)30(12-6-2)26(34)35-22/h8-11,14,28H,5-7,12-13,16H2,1-4H3/b22-14+. The fourth-order valence-electron chi connectivity index (χ4n) is 3.86. The second-order valence-corrected chi connectivity index (χ2v) is 9.90. The number of pyridine rings is 1. The van der Waals surface area contributed by atoms with Gasteiger partial charge in [0.15, 0.2) is 0 Å². The lowest BCUT2D eigenvalue weighted by Crippen LogP contribution is -2.29. The van der Waals surface area contributed by atoms with E-state index in [0.717, 1.165) is 30.6 Å². The predicted octanol–water partition coefficient (Wildman–Crippen LogP) is 5.06. The van der Waals surface area contributed by atoms with Gasteiger partial charge in [0, 0.05) is 25.2 Å². The summed E-state index contributed by atoms with van der Waals surface area (Å²) in [6.45, 7) is 7.28. The van der Waals surface area contributed by atoms with Gasteiger partial charge in [0.1, 0.15) is 27.5 Å². The molecule has 0 aliphatic carbocycles. The van der Waals surface area contributed by atoms with Crippen LogP contribution in [0.2, 0.25) is 0 Å². The molecule has 2 heterocycles. The zero-order valence-corrected chi connectivity index (χ0v) is 22.1. The number of carbonyl (C=O) groups is 1. The lowest BCUT2D eigenvalue weighted by atomic mass is 10.0. The first kappa shape index (κ1) is 26.5. The highest BCUT2D eigenvalue weighted by molar-refractivity contribution is 8.26. The predicted molar refractivity (Wildman–Crippen MR) is 146 cm³/mol. The van der Waals surface area contributed by atoms with Crippen LogP contribution < -0.4 is 15.6 Å². The van der Waals surface area contributed by atoms with Crippen LogP contribution in [-0.4, -0.2) is 33.3 Å². The molecular formula is C26H30N4O3S2. The summed E-state index contributed by atoms with van der Waals surface area (Å²) in [6, 6.07) is 9.74. The summed E-state index contributed by atoms with van der Waals surface area (Å²) in [5, 5.41) is 13.2. The van der Waals surface area contributed by atoms with E-state index in [1.165, 1.54) is 11.8 Å². The maximum absolute atomic E-state index is 13.2. The topological polar surface area (TPSA) is 87.4 Å². The van der Waals surface area contributed by atoms with Gasteiger partial charge >= 0.3 is 0 Å². The summed E-state index contributed by atoms with van der Waals surface area (Å²) < 4.78 is 7.38. The Morgan fingerprint density at radius 3 is 2.49 bits per heavy atom. The molecule has 0 unspecified atom stereocenters. The van der Waals surface area contributed by atoms with Crippen molar-refractivity contribution in [1.29, 1.82) is 5.26 Å². The summed E-state index contributed by atoms with van der Waals surface area (Å²) in [4.78, 5) is 28.4. The monoisotopic (exact) mass is 510 g/mol. The van der Waals surface area contributed by atoms with Gasteiger partial charge in [-0.1, -0.05) is 56.4 Å². The average Bonchev–Trinajstić information content (AvgIpc) is 3.12. The number of nitrogens with zero attached hydrogens (tertiary/aromatic N) is 3. The highest BCUT2D eigenvalue weighted by Gasteiger charge is 2.32. The molecular weight excluding hydrogens is 480 g/mol. The Morgan fingerprint density at radius 1 is 1.17 bits per heavy atom. The third-order valence-electron chi connectivity index (χ3n) is 5.83. The number of thiocarbonyl (C=S) groups is 1. The highest BCUT2D eigenvalue weighted by Crippen LogP contribution is 2.35. The summed E-state index contributed by atoms with van der Waals surface area (Å²) in [5.74, 6) is 1.21. The number of unbranched alkanes of at least 4 members (excludes halogenated alkanes) is 1. The first-order chi connectivity index (χ1) is 16.9. The van der Waals surface area contributed by atoms with Crippen LogP contribution in [0.3, 0.4) is 0 Å². The molecule has 1 N–H and O–H groups in total. The third kappa shape index (κ3) is 5.77. The van der Waals surface area contributed by atoms with E-state index in [0.29, 0.717) is 45.8 Å². The van der Waals surface area contributed by atoms with Crippen LogP contribution in [0.25, 0.3) is 6.08 Å². The zero-order chi connectivity index (χ0) is 25.5. The van der Waals surface area contributed by atoms with Crippen LogP contribution in [0.4, 0.5) is 5.82 Å². The molecule has 184 valence electrons. The van der Waals surface area contributed by atoms with Gasteiger partial charge in [-0.25, -0.2) is 0 Å². The molecule has 2 aromatic rings. The van der Waals surface area contributed by atoms with Crippen molar-refractivity contribution in [2.45, 2.75) is 53.1 Å². The smallest absolute Gasteiger partial charge is 0.270 e. The van der Waals surface area contributed by atoms with Crippen molar-refractivity contribution in [3.63, 3.8) is 0 Å². The number of thioether (sulfide) groups is 1. The van der Waals surface area contributed by atoms with Crippen LogP contribution in [0.1, 0.15) is 55.4 Å². The lowest BCUT2D eigenvalue weighted by Gasteiger charge is -2.20. The Labute approximate surface area is 215 Å². The molecule has 0 radical (unpaired) electrons. The number of methoxy groups -OCH3 is 1. The quantitative estimate of drug-likeness (QED) is 0.353. The molecule has 7 nitrogen and oxygen atoms in total. The molecule has 0 bridgehead atoms. The highest BCUT2D eigenvalue weighted by atomic mass is 32.2. The van der Waals surface area contributed by atoms with E-state index in [-0.39, 0.29) is 17.0 Å². The Morgan fingerprint density at radius 2 is 1.89 bits per heavy atom. The van der Waals surface area contributed by atoms with E-state index in [1.54, 1.807) is 29.6 Å². The van der Waals surface area contributed by atoms with E-state index in [4.69, 9.17) is 17.0 Å². The maximum atomic E-state index is 13.2. The molecule has 1 amide bonds. The van der Waals surface area contributed by atoms with Crippen LogP contribution >= 0.6 is 24.0 Å². The van der Waals surface area contributed by atoms with Crippen molar-refractivity contribution >= 4 is 46.1 Å². The van der Waals surface area contributed by atoms with Gasteiger partial charge in [-0.15, -0.1) is 0 Å². The number of aromatic nitrogens is 1. The zero-order valence-electron chi connectivity index (χ0n) is 20.5. The van der Waals surface area contributed by atoms with Gasteiger partial charge < -0.3 is 10.1 Å². The van der Waals surface area contributed by atoms with E-state index in [9.17, 15) is 14.9 Å². The van der Waals surface area contributed by atoms with Crippen molar-refractivity contribution in [3.8, 4) is 11.8 Å². The molecule has 1 aliphatic rings. The third-order valence-corrected chi connectivity index (χ3v) is 7.20. The summed E-state index contributed by atoms with van der Waals surface area (Å²) >= 11 is 6.67. The van der Waals surface area contributed by atoms with E-state index in [1.807, 2.05) is 31.2 Å². The fourth-order valence-corrected chi connectivity index (χ4v) is 5.15. The summed E-state index contributed by atoms with van der Waals surface area (Å²) in [7, 11) is 1.62. The summed E-state index contributed by atoms with van der Waals surface area (Å²) in [5.41, 5.74) is 1.96. The number of benzene rings is 1. The van der Waals surface area contributed by atoms with Gasteiger partial charge in [0.05, 0.1) is 12.0 Å². The molecule has 1 aromatic carbocycles. The van der Waals surface area contributed by atoms with E-state index in [2.05, 4.69) is 18.3 Å². The van der Waals surface area contributed by atoms with E-state index >= 15 is 0 Å². The number of hydrogen-bond acceptors (Lipinski definition) is 7. The molecule has 1 aromatic heterocycles. The van der Waals surface area contributed by atoms with Gasteiger partial charge in [0.2, 0.25) is 0 Å². The maximum Gasteiger partial charge on any atom is 0.270 e. The number of carbonyl (C=O) groups excluding carboxylic acids is 1. The van der Waals surface area contributed by atoms with Crippen molar-refractivity contribution in [1.82, 2.24) is 9.47 Å². The Balaban J connectivity index is 2.13. The largest absolute Gasteiger partial charge is 0.497 e. The average molecular weight is 511 g/mol. The van der Waals surface area contributed by atoms with Crippen molar-refractivity contribution in [3.05, 3.63) is 61.8 Å². The van der Waals surface area contributed by atoms with Crippen LogP contribution in [0.5, 0.6) is 5.75 Å². The van der Waals surface area contributed by atoms with Gasteiger partial charge in [0.25, 0.3) is 11.5 Å². The minimum absolute atomic E-state index is 0.0892. The Hall–Kier alpha value is -3.09. The molecule has 9 heteroatoms. The molecule has 1 saturated heterocycles. The number of hydrogen-bond donors (Lipinski definition) is 1. The van der Waals surface area contributed by atoms with Gasteiger partial charge in [-0.05, 0) is 49.1 Å². The normalized spacial score (nSPS) is 14.5. The van der Waals surface area contributed by atoms with Crippen LogP contribution in [0.15, 0.2) is 34.0 Å². The SMILES string of the molecule is CCCCn1c(NCc2ccc(OC)cc2)c(/C=C2/SC(=S)N(CCC)C2=O)c(C)c(C#N)c1=O. The van der Waals surface area contributed by atoms with Crippen LogP contribution in [0, 0.1) is 18.3 Å². The molecule has 1 fully saturated rings. The van der Waals surface area contributed by atoms with Gasteiger partial charge in [-0.2, -0.15) is 5.26 Å². The number of ether oxygens (including phenoxy) is 1. The molecule has 0 spiro atoms. The number of amides is 1. The fraction of sp³-hybridized carbons (Fsp3) is 0.385. The number of nitriles is 1. The molecule has 1 aliphatic heterocycles. The van der Waals surface area contributed by atoms with Crippen molar-refractivity contribution in [2.24, 2.45) is 0 Å². The number of rotatable bonds is 10. The first-order valence-electron chi connectivity index (χ1n) is 11.7. The molecule has 0 saturated carbocycles.